The van der Waals surface area contributed by atoms with Crippen molar-refractivity contribution in [1.82, 2.24) is 4.90 Å². The Balaban J connectivity index is 0.00000176. The number of benzene rings is 1. The molecule has 2 fully saturated rings. The van der Waals surface area contributed by atoms with Gasteiger partial charge in [0, 0.05) is 18.5 Å². The highest BCUT2D eigenvalue weighted by atomic mass is 127. The van der Waals surface area contributed by atoms with E-state index in [9.17, 15) is 0 Å². The van der Waals surface area contributed by atoms with Crippen molar-refractivity contribution in [3.8, 4) is 0 Å². The molecule has 4 heteroatoms. The van der Waals surface area contributed by atoms with Gasteiger partial charge in [0.05, 0.1) is 6.54 Å². The van der Waals surface area contributed by atoms with E-state index in [1.54, 1.807) is 0 Å². The first kappa shape index (κ1) is 17.6. The number of aryl methyl sites for hydroxylation is 1. The van der Waals surface area contributed by atoms with E-state index in [0.717, 1.165) is 31.5 Å². The molecule has 1 atom stereocenters. The minimum Gasteiger partial charge on any atom is -0.370 e. The van der Waals surface area contributed by atoms with Gasteiger partial charge in [-0.25, -0.2) is 0 Å². The predicted octanol–water partition coefficient (Wildman–Crippen LogP) is 3.69. The summed E-state index contributed by atoms with van der Waals surface area (Å²) in [5.74, 6) is 1.49. The molecule has 22 heavy (non-hydrogen) atoms. The number of piperidine rings is 1. The zero-order chi connectivity index (χ0) is 14.9. The highest BCUT2D eigenvalue weighted by Crippen LogP contribution is 2.49. The van der Waals surface area contributed by atoms with E-state index in [4.69, 9.17) is 10.7 Å². The molecule has 1 aliphatic heterocycles. The fourth-order valence-corrected chi connectivity index (χ4v) is 3.56. The Bertz CT molecular complexity index is 537. The molecule has 3 nitrogen and oxygen atoms in total. The molecule has 2 N–H and O–H groups in total. The largest absolute Gasteiger partial charge is 0.370 e. The number of nitrogens with zero attached hydrogens (tertiary/aromatic N) is 2. The van der Waals surface area contributed by atoms with Crippen LogP contribution in [0.1, 0.15) is 43.7 Å². The van der Waals surface area contributed by atoms with E-state index in [1.165, 1.54) is 36.8 Å². The van der Waals surface area contributed by atoms with Crippen LogP contribution in [0.3, 0.4) is 0 Å². The lowest BCUT2D eigenvalue weighted by atomic mass is 9.92. The van der Waals surface area contributed by atoms with Crippen LogP contribution in [0.4, 0.5) is 0 Å². The molecule has 1 unspecified atom stereocenters. The highest BCUT2D eigenvalue weighted by Gasteiger charge is 2.44. The minimum absolute atomic E-state index is 0. The van der Waals surface area contributed by atoms with Gasteiger partial charge in [0.25, 0.3) is 0 Å². The maximum atomic E-state index is 6.24. The van der Waals surface area contributed by atoms with Gasteiger partial charge in [-0.1, -0.05) is 31.2 Å². The molecule has 0 bridgehead atoms. The average molecular weight is 413 g/mol. The van der Waals surface area contributed by atoms with Crippen LogP contribution in [-0.2, 0) is 5.41 Å². The molecule has 0 spiro atoms. The zero-order valence-electron chi connectivity index (χ0n) is 13.7. The number of hydrogen-bond acceptors (Lipinski definition) is 1. The second kappa shape index (κ2) is 7.20. The Labute approximate surface area is 151 Å². The van der Waals surface area contributed by atoms with Gasteiger partial charge in [-0.05, 0) is 49.7 Å². The van der Waals surface area contributed by atoms with Crippen LogP contribution in [0.2, 0.25) is 0 Å². The van der Waals surface area contributed by atoms with Crippen molar-refractivity contribution in [3.63, 3.8) is 0 Å². The number of halogens is 1. The molecule has 122 valence electrons. The quantitative estimate of drug-likeness (QED) is 0.467. The maximum absolute atomic E-state index is 6.24. The molecule has 0 radical (unpaired) electrons. The Morgan fingerprint density at radius 3 is 2.73 bits per heavy atom. The highest BCUT2D eigenvalue weighted by molar-refractivity contribution is 14.0. The number of nitrogens with two attached hydrogens (primary N) is 1. The molecule has 1 heterocycles. The van der Waals surface area contributed by atoms with Crippen molar-refractivity contribution in [2.45, 2.75) is 44.9 Å². The number of guanidine groups is 1. The van der Waals surface area contributed by atoms with E-state index in [2.05, 4.69) is 43.0 Å². The second-order valence-electron chi connectivity index (χ2n) is 6.96. The van der Waals surface area contributed by atoms with Crippen molar-refractivity contribution >= 4 is 29.9 Å². The van der Waals surface area contributed by atoms with Gasteiger partial charge in [0.15, 0.2) is 5.96 Å². The zero-order valence-corrected chi connectivity index (χ0v) is 16.0. The van der Waals surface area contributed by atoms with Crippen LogP contribution in [0.25, 0.3) is 0 Å². The molecule has 1 saturated carbocycles. The van der Waals surface area contributed by atoms with E-state index < -0.39 is 0 Å². The van der Waals surface area contributed by atoms with Crippen LogP contribution < -0.4 is 5.73 Å². The fourth-order valence-electron chi connectivity index (χ4n) is 3.56. The fraction of sp³-hybridized carbons (Fsp3) is 0.611. The molecule has 1 aromatic rings. The van der Waals surface area contributed by atoms with Crippen molar-refractivity contribution in [2.24, 2.45) is 16.6 Å². The van der Waals surface area contributed by atoms with E-state index in [-0.39, 0.29) is 29.4 Å². The van der Waals surface area contributed by atoms with Gasteiger partial charge in [-0.3, -0.25) is 4.99 Å². The summed E-state index contributed by atoms with van der Waals surface area (Å²) in [6.45, 7) is 7.47. The van der Waals surface area contributed by atoms with Crippen LogP contribution in [-0.4, -0.2) is 30.5 Å². The molecular formula is C18H28IN3. The van der Waals surface area contributed by atoms with Crippen molar-refractivity contribution in [3.05, 3.63) is 35.4 Å². The van der Waals surface area contributed by atoms with Crippen LogP contribution in [0.15, 0.2) is 29.3 Å². The van der Waals surface area contributed by atoms with E-state index in [1.807, 2.05) is 0 Å². The molecule has 0 aromatic heterocycles. The molecule has 0 amide bonds. The minimum atomic E-state index is 0. The summed E-state index contributed by atoms with van der Waals surface area (Å²) in [5, 5.41) is 0. The van der Waals surface area contributed by atoms with Gasteiger partial charge in [0.1, 0.15) is 0 Å². The summed E-state index contributed by atoms with van der Waals surface area (Å²) in [4.78, 5) is 7.02. The molecule has 2 aliphatic rings. The maximum Gasteiger partial charge on any atom is 0.191 e. The van der Waals surface area contributed by atoms with Gasteiger partial charge < -0.3 is 10.6 Å². The second-order valence-corrected chi connectivity index (χ2v) is 6.96. The van der Waals surface area contributed by atoms with Crippen LogP contribution >= 0.6 is 24.0 Å². The van der Waals surface area contributed by atoms with E-state index in [0.29, 0.717) is 0 Å². The number of hydrogen-bond donors (Lipinski definition) is 1. The molecular weight excluding hydrogens is 385 g/mol. The normalized spacial score (nSPS) is 23.8. The summed E-state index contributed by atoms with van der Waals surface area (Å²) >= 11 is 0. The summed E-state index contributed by atoms with van der Waals surface area (Å²) in [6, 6.07) is 8.72. The molecule has 1 saturated heterocycles. The van der Waals surface area contributed by atoms with Gasteiger partial charge in [0.2, 0.25) is 0 Å². The summed E-state index contributed by atoms with van der Waals surface area (Å²) in [5.41, 5.74) is 9.35. The van der Waals surface area contributed by atoms with Crippen molar-refractivity contribution < 1.29 is 0 Å². The first-order valence-electron chi connectivity index (χ1n) is 8.22. The lowest BCUT2D eigenvalue weighted by Gasteiger charge is -2.32. The van der Waals surface area contributed by atoms with Gasteiger partial charge in [-0.2, -0.15) is 0 Å². The van der Waals surface area contributed by atoms with E-state index >= 15 is 0 Å². The van der Waals surface area contributed by atoms with Crippen LogP contribution in [0, 0.1) is 12.8 Å². The number of aliphatic imine (C=N–C) groups is 1. The smallest absolute Gasteiger partial charge is 0.191 e. The molecule has 1 aliphatic carbocycles. The lowest BCUT2D eigenvalue weighted by Crippen LogP contribution is -2.43. The Morgan fingerprint density at radius 1 is 1.36 bits per heavy atom. The standard InChI is InChI=1S/C18H27N3.HI/c1-14-6-5-11-21(12-14)17(19)20-13-18(9-10-18)16-8-4-3-7-15(16)2;/h3-4,7-8,14H,5-6,9-13H2,1-2H3,(H2,19,20);1H. The summed E-state index contributed by atoms with van der Waals surface area (Å²) in [7, 11) is 0. The van der Waals surface area contributed by atoms with Crippen molar-refractivity contribution in [1.29, 1.82) is 0 Å². The summed E-state index contributed by atoms with van der Waals surface area (Å²) in [6.07, 6.45) is 5.04. The summed E-state index contributed by atoms with van der Waals surface area (Å²) < 4.78 is 0. The van der Waals surface area contributed by atoms with Gasteiger partial charge in [-0.15, -0.1) is 24.0 Å². The third-order valence-electron chi connectivity index (χ3n) is 5.09. The lowest BCUT2D eigenvalue weighted by molar-refractivity contribution is 0.270. The topological polar surface area (TPSA) is 41.6 Å². The Hall–Kier alpha value is -0.780. The SMILES string of the molecule is Cc1ccccc1C1(CN=C(N)N2CCCC(C)C2)CC1.I. The first-order chi connectivity index (χ1) is 10.1. The Kier molecular flexibility index (Phi) is 5.75. The monoisotopic (exact) mass is 413 g/mol. The van der Waals surface area contributed by atoms with Crippen LogP contribution in [0.5, 0.6) is 0 Å². The van der Waals surface area contributed by atoms with Crippen molar-refractivity contribution in [2.75, 3.05) is 19.6 Å². The first-order valence-corrected chi connectivity index (χ1v) is 8.22. The number of likely N-dealkylation sites (tertiary alicyclic amines) is 1. The predicted molar refractivity (Wildman–Crippen MR) is 104 cm³/mol. The average Bonchev–Trinajstić information content (AvgIpc) is 3.26. The van der Waals surface area contributed by atoms with Gasteiger partial charge >= 0.3 is 0 Å². The molecule has 1 aromatic carbocycles. The third kappa shape index (κ3) is 3.76. The third-order valence-corrected chi connectivity index (χ3v) is 5.09. The molecule has 3 rings (SSSR count). The number of rotatable bonds is 3. The Morgan fingerprint density at radius 2 is 2.09 bits per heavy atom.